The van der Waals surface area contributed by atoms with E-state index in [2.05, 4.69) is 27.1 Å². The number of benzene rings is 1. The minimum atomic E-state index is -0.563. The second kappa shape index (κ2) is 7.62. The fourth-order valence-electron chi connectivity index (χ4n) is 5.02. The summed E-state index contributed by atoms with van der Waals surface area (Å²) in [5.74, 6) is 0. The summed E-state index contributed by atoms with van der Waals surface area (Å²) in [5.41, 5.74) is 9.84. The summed E-state index contributed by atoms with van der Waals surface area (Å²) >= 11 is 0. The number of anilines is 1. The van der Waals surface area contributed by atoms with Gasteiger partial charge in [0.15, 0.2) is 0 Å². The maximum Gasteiger partial charge on any atom is 0.318 e. The van der Waals surface area contributed by atoms with Crippen LogP contribution in [0.5, 0.6) is 0 Å². The lowest BCUT2D eigenvalue weighted by Gasteiger charge is -2.30. The van der Waals surface area contributed by atoms with E-state index in [0.717, 1.165) is 42.0 Å². The van der Waals surface area contributed by atoms with Gasteiger partial charge in [0, 0.05) is 48.2 Å². The van der Waals surface area contributed by atoms with Crippen molar-refractivity contribution in [2.45, 2.75) is 44.2 Å². The number of aryl methyl sites for hydroxylation is 1. The number of carbonyl (C=O) groups is 1. The summed E-state index contributed by atoms with van der Waals surface area (Å²) in [7, 11) is 0. The molecule has 2 aliphatic rings. The molecule has 2 amide bonds. The topological polar surface area (TPSA) is 113 Å². The monoisotopic (exact) mass is 441 g/mol. The Labute approximate surface area is 193 Å². The first-order valence-electron chi connectivity index (χ1n) is 11.2. The summed E-state index contributed by atoms with van der Waals surface area (Å²) < 4.78 is 2.05. The van der Waals surface area contributed by atoms with Crippen LogP contribution in [-0.2, 0) is 17.5 Å². The van der Waals surface area contributed by atoms with Gasteiger partial charge in [0.25, 0.3) is 0 Å². The summed E-state index contributed by atoms with van der Waals surface area (Å²) in [6.07, 6.45) is 3.61. The van der Waals surface area contributed by atoms with Gasteiger partial charge in [-0.1, -0.05) is 12.1 Å². The largest absolute Gasteiger partial charge is 0.398 e. The highest BCUT2D eigenvalue weighted by atomic mass is 16.2. The number of nitrogens with one attached hydrogen (secondary N) is 1. The average Bonchev–Trinajstić information content (AvgIpc) is 3.51. The van der Waals surface area contributed by atoms with Crippen molar-refractivity contribution in [3.8, 4) is 17.3 Å². The van der Waals surface area contributed by atoms with Gasteiger partial charge in [-0.05, 0) is 57.0 Å². The lowest BCUT2D eigenvalue weighted by molar-refractivity contribution is 0.193. The van der Waals surface area contributed by atoms with Gasteiger partial charge in [0.05, 0.1) is 22.5 Å². The fraction of sp³-hybridized carbons (Fsp3) is 0.360. The Morgan fingerprint density at radius 2 is 2.03 bits per heavy atom. The first-order valence-corrected chi connectivity index (χ1v) is 11.2. The zero-order valence-electron chi connectivity index (χ0n) is 18.9. The quantitative estimate of drug-likeness (QED) is 0.605. The number of carbonyl (C=O) groups excluding carboxylic acids is 1. The summed E-state index contributed by atoms with van der Waals surface area (Å²) in [6.45, 7) is 6.12. The van der Waals surface area contributed by atoms with Crippen molar-refractivity contribution in [1.82, 2.24) is 25.0 Å². The molecule has 1 atom stereocenters. The molecule has 1 saturated heterocycles. The molecule has 0 radical (unpaired) electrons. The molecule has 0 saturated carbocycles. The molecule has 33 heavy (non-hydrogen) atoms. The maximum atomic E-state index is 13.1. The predicted octanol–water partition coefficient (Wildman–Crippen LogP) is 3.39. The number of hydrogen-bond acceptors (Lipinski definition) is 5. The minimum Gasteiger partial charge on any atom is -0.398 e. The molecule has 5 rings (SSSR count). The third-order valence-corrected chi connectivity index (χ3v) is 6.96. The number of nitrogen functional groups attached to an aromatic ring is 1. The van der Waals surface area contributed by atoms with E-state index in [4.69, 9.17) is 10.8 Å². The highest BCUT2D eigenvalue weighted by Crippen LogP contribution is 2.44. The molecule has 8 nitrogen and oxygen atoms in total. The van der Waals surface area contributed by atoms with Crippen LogP contribution in [0.1, 0.15) is 43.6 Å². The molecule has 8 heteroatoms. The van der Waals surface area contributed by atoms with E-state index >= 15 is 0 Å². The molecule has 2 aromatic heterocycles. The van der Waals surface area contributed by atoms with Crippen LogP contribution >= 0.6 is 0 Å². The van der Waals surface area contributed by atoms with E-state index in [1.165, 1.54) is 0 Å². The number of hydrogen-bond donors (Lipinski definition) is 2. The number of urea groups is 1. The van der Waals surface area contributed by atoms with Crippen molar-refractivity contribution >= 4 is 11.7 Å². The Morgan fingerprint density at radius 1 is 1.21 bits per heavy atom. The van der Waals surface area contributed by atoms with Crippen LogP contribution in [0.4, 0.5) is 10.5 Å². The van der Waals surface area contributed by atoms with Crippen LogP contribution in [0.3, 0.4) is 0 Å². The lowest BCUT2D eigenvalue weighted by Crippen LogP contribution is -2.48. The van der Waals surface area contributed by atoms with Crippen molar-refractivity contribution in [2.75, 3.05) is 18.8 Å². The standard InChI is InChI=1S/C25H27N7O/c1-24(2,21-5-3-4-10-28-21)29-23(33)31-11-8-25(16-31)9-12-32-22(25)14-20(30-32)17-6-7-19(27)18(13-17)15-26/h3-7,10,13-14H,8-9,11-12,16,27H2,1-2H3,(H,29,33)/t25-/m1/s1. The Bertz CT molecular complexity index is 1260. The number of fused-ring (bicyclic) bond motifs is 2. The van der Waals surface area contributed by atoms with Gasteiger partial charge < -0.3 is 16.0 Å². The van der Waals surface area contributed by atoms with E-state index in [-0.39, 0.29) is 11.4 Å². The first kappa shape index (κ1) is 21.0. The van der Waals surface area contributed by atoms with Crippen LogP contribution in [0, 0.1) is 11.3 Å². The van der Waals surface area contributed by atoms with E-state index in [1.54, 1.807) is 18.3 Å². The number of nitrogens with two attached hydrogens (primary N) is 1. The fourth-order valence-corrected chi connectivity index (χ4v) is 5.02. The van der Waals surface area contributed by atoms with Crippen molar-refractivity contribution in [3.63, 3.8) is 0 Å². The van der Waals surface area contributed by atoms with E-state index in [0.29, 0.717) is 24.3 Å². The van der Waals surface area contributed by atoms with Crippen molar-refractivity contribution in [1.29, 1.82) is 5.26 Å². The Hall–Kier alpha value is -3.86. The van der Waals surface area contributed by atoms with Gasteiger partial charge in [-0.15, -0.1) is 0 Å². The molecule has 0 bridgehead atoms. The van der Waals surface area contributed by atoms with Crippen molar-refractivity contribution in [2.24, 2.45) is 0 Å². The van der Waals surface area contributed by atoms with Crippen LogP contribution in [0.2, 0.25) is 0 Å². The molecule has 4 heterocycles. The number of pyridine rings is 1. The summed E-state index contributed by atoms with van der Waals surface area (Å²) in [6, 6.07) is 15.3. The molecular weight excluding hydrogens is 414 g/mol. The molecule has 0 unspecified atom stereocenters. The number of nitrogens with zero attached hydrogens (tertiary/aromatic N) is 5. The third kappa shape index (κ3) is 3.59. The molecule has 1 fully saturated rings. The highest BCUT2D eigenvalue weighted by Gasteiger charge is 2.47. The van der Waals surface area contributed by atoms with Gasteiger partial charge >= 0.3 is 6.03 Å². The van der Waals surface area contributed by atoms with Crippen molar-refractivity contribution < 1.29 is 4.79 Å². The third-order valence-electron chi connectivity index (χ3n) is 6.96. The van der Waals surface area contributed by atoms with Gasteiger partial charge in [0.2, 0.25) is 0 Å². The zero-order valence-corrected chi connectivity index (χ0v) is 18.9. The summed E-state index contributed by atoms with van der Waals surface area (Å²) in [4.78, 5) is 19.5. The predicted molar refractivity (Wildman–Crippen MR) is 125 cm³/mol. The first-order chi connectivity index (χ1) is 15.8. The normalized spacial score (nSPS) is 19.5. The lowest BCUT2D eigenvalue weighted by atomic mass is 9.82. The second-order valence-electron chi connectivity index (χ2n) is 9.52. The number of rotatable bonds is 3. The van der Waals surface area contributed by atoms with Gasteiger partial charge in [0.1, 0.15) is 6.07 Å². The number of amides is 2. The zero-order chi connectivity index (χ0) is 23.2. The Kier molecular flexibility index (Phi) is 4.85. The molecule has 3 aromatic rings. The molecule has 2 aliphatic heterocycles. The van der Waals surface area contributed by atoms with Crippen LogP contribution < -0.4 is 11.1 Å². The van der Waals surface area contributed by atoms with Crippen LogP contribution in [0.15, 0.2) is 48.7 Å². The maximum absolute atomic E-state index is 13.1. The van der Waals surface area contributed by atoms with Crippen LogP contribution in [0.25, 0.3) is 11.3 Å². The van der Waals surface area contributed by atoms with E-state index in [9.17, 15) is 10.1 Å². The number of aromatic nitrogens is 3. The second-order valence-corrected chi connectivity index (χ2v) is 9.52. The molecule has 1 aromatic carbocycles. The Morgan fingerprint density at radius 3 is 2.79 bits per heavy atom. The van der Waals surface area contributed by atoms with Crippen molar-refractivity contribution in [3.05, 3.63) is 65.6 Å². The van der Waals surface area contributed by atoms with Gasteiger partial charge in [-0.25, -0.2) is 4.79 Å². The smallest absolute Gasteiger partial charge is 0.318 e. The molecule has 0 aliphatic carbocycles. The number of likely N-dealkylation sites (tertiary alicyclic amines) is 1. The molecule has 1 spiro atoms. The molecule has 168 valence electrons. The van der Waals surface area contributed by atoms with E-state index < -0.39 is 5.54 Å². The van der Waals surface area contributed by atoms with Gasteiger partial charge in [-0.2, -0.15) is 10.4 Å². The SMILES string of the molecule is CC(C)(NC(=O)N1CC[C@@]2(CCn3nc(-c4ccc(N)c(C#N)c4)cc32)C1)c1ccccn1. The minimum absolute atomic E-state index is 0.0714. The average molecular weight is 442 g/mol. The molecule has 3 N–H and O–H groups in total. The van der Waals surface area contributed by atoms with E-state index in [1.807, 2.05) is 43.0 Å². The van der Waals surface area contributed by atoms with Crippen LogP contribution in [-0.4, -0.2) is 38.8 Å². The summed E-state index contributed by atoms with van der Waals surface area (Å²) in [5, 5.41) is 17.3. The van der Waals surface area contributed by atoms with Gasteiger partial charge in [-0.3, -0.25) is 9.67 Å². The highest BCUT2D eigenvalue weighted by molar-refractivity contribution is 5.76. The Balaban J connectivity index is 1.35. The number of nitriles is 1. The molecular formula is C25H27N7O.